The first-order chi connectivity index (χ1) is 10.7. The number of rotatable bonds is 4. The monoisotopic (exact) mass is 300 g/mol. The number of benzene rings is 1. The van der Waals surface area contributed by atoms with E-state index in [1.807, 2.05) is 6.07 Å². The van der Waals surface area contributed by atoms with E-state index in [4.69, 9.17) is 4.74 Å². The maximum Gasteiger partial charge on any atom is 0.166 e. The summed E-state index contributed by atoms with van der Waals surface area (Å²) in [5.41, 5.74) is 2.86. The highest BCUT2D eigenvalue weighted by Crippen LogP contribution is 2.37. The van der Waals surface area contributed by atoms with Gasteiger partial charge in [0.05, 0.1) is 0 Å². The van der Waals surface area contributed by atoms with Crippen molar-refractivity contribution in [3.63, 3.8) is 0 Å². The first-order valence-corrected chi connectivity index (χ1v) is 8.33. The summed E-state index contributed by atoms with van der Waals surface area (Å²) < 4.78 is 5.40. The Bertz CT molecular complexity index is 582. The largest absolute Gasteiger partial charge is 0.508 e. The average Bonchev–Trinajstić information content (AvgIpc) is 2.89. The van der Waals surface area contributed by atoms with Crippen LogP contribution in [0.1, 0.15) is 43.7 Å². The van der Waals surface area contributed by atoms with Gasteiger partial charge < -0.3 is 9.84 Å². The third kappa shape index (κ3) is 3.09. The van der Waals surface area contributed by atoms with Crippen LogP contribution in [-0.4, -0.2) is 24.1 Å². The lowest BCUT2D eigenvalue weighted by molar-refractivity contribution is -0.117. The number of Topliss-reactive ketones (excluding diaryl/α,β-unsaturated/α-hetero) is 1. The van der Waals surface area contributed by atoms with Gasteiger partial charge >= 0.3 is 0 Å². The average molecular weight is 300 g/mol. The van der Waals surface area contributed by atoms with Gasteiger partial charge in [-0.3, -0.25) is 4.79 Å². The normalized spacial score (nSPS) is 22.9. The smallest absolute Gasteiger partial charge is 0.166 e. The van der Waals surface area contributed by atoms with Crippen molar-refractivity contribution in [2.75, 3.05) is 13.2 Å². The molecule has 1 N–H and O–H groups in total. The second-order valence-electron chi connectivity index (χ2n) is 6.40. The summed E-state index contributed by atoms with van der Waals surface area (Å²) in [6.45, 7) is 3.74. The lowest BCUT2D eigenvalue weighted by Crippen LogP contribution is -2.21. The van der Waals surface area contributed by atoms with Crippen molar-refractivity contribution in [2.24, 2.45) is 11.8 Å². The predicted molar refractivity (Wildman–Crippen MR) is 86.7 cm³/mol. The molecule has 2 aliphatic rings. The molecule has 0 spiro atoms. The highest BCUT2D eigenvalue weighted by Gasteiger charge is 2.31. The molecule has 1 aromatic carbocycles. The first-order valence-electron chi connectivity index (χ1n) is 8.33. The number of carbonyl (C=O) groups excluding carboxylic acids is 1. The molecule has 3 rings (SSSR count). The predicted octanol–water partition coefficient (Wildman–Crippen LogP) is 3.74. The Hall–Kier alpha value is -1.61. The van der Waals surface area contributed by atoms with Crippen LogP contribution in [0.25, 0.3) is 5.57 Å². The molecule has 0 bridgehead atoms. The Kier molecular flexibility index (Phi) is 4.63. The fraction of sp³-hybridized carbons (Fsp3) is 0.526. The number of aryl methyl sites for hydroxylation is 1. The molecule has 0 aromatic heterocycles. The van der Waals surface area contributed by atoms with Gasteiger partial charge in [-0.2, -0.15) is 0 Å². The molecule has 1 fully saturated rings. The third-order valence-corrected chi connectivity index (χ3v) is 4.97. The van der Waals surface area contributed by atoms with Crippen LogP contribution in [0.3, 0.4) is 0 Å². The summed E-state index contributed by atoms with van der Waals surface area (Å²) in [5, 5.41) is 9.75. The summed E-state index contributed by atoms with van der Waals surface area (Å²) in [6.07, 6.45) is 6.90. The summed E-state index contributed by atoms with van der Waals surface area (Å²) >= 11 is 0. The van der Waals surface area contributed by atoms with Gasteiger partial charge in [0.15, 0.2) is 5.78 Å². The Morgan fingerprint density at radius 1 is 1.27 bits per heavy atom. The number of phenols is 1. The van der Waals surface area contributed by atoms with Crippen molar-refractivity contribution in [1.29, 1.82) is 0 Å². The van der Waals surface area contributed by atoms with Crippen LogP contribution in [0.4, 0.5) is 0 Å². The number of hydrogen-bond donors (Lipinski definition) is 1. The van der Waals surface area contributed by atoms with Crippen LogP contribution in [0.5, 0.6) is 5.75 Å². The van der Waals surface area contributed by atoms with E-state index < -0.39 is 0 Å². The molecule has 0 radical (unpaired) electrons. The lowest BCUT2D eigenvalue weighted by atomic mass is 9.85. The number of carbonyl (C=O) groups is 1. The summed E-state index contributed by atoms with van der Waals surface area (Å²) in [7, 11) is 0. The molecule has 1 saturated heterocycles. The maximum atomic E-state index is 12.8. The molecule has 3 nitrogen and oxygen atoms in total. The fourth-order valence-corrected chi connectivity index (χ4v) is 3.64. The molecule has 118 valence electrons. The minimum Gasteiger partial charge on any atom is -0.508 e. The Balaban J connectivity index is 1.74. The lowest BCUT2D eigenvalue weighted by Gasteiger charge is -2.24. The van der Waals surface area contributed by atoms with Crippen molar-refractivity contribution < 1.29 is 14.6 Å². The molecule has 1 aromatic rings. The zero-order valence-electron chi connectivity index (χ0n) is 13.2. The maximum absolute atomic E-state index is 12.8. The topological polar surface area (TPSA) is 46.5 Å². The van der Waals surface area contributed by atoms with Crippen LogP contribution in [0.2, 0.25) is 0 Å². The summed E-state index contributed by atoms with van der Waals surface area (Å²) in [4.78, 5) is 12.8. The highest BCUT2D eigenvalue weighted by molar-refractivity contribution is 6.24. The van der Waals surface area contributed by atoms with Crippen LogP contribution in [0.15, 0.2) is 24.3 Å². The number of aromatic hydroxyl groups is 1. The molecule has 1 heterocycles. The van der Waals surface area contributed by atoms with E-state index in [2.05, 4.69) is 13.0 Å². The Labute approximate surface area is 132 Å². The van der Waals surface area contributed by atoms with Crippen molar-refractivity contribution in [3.05, 3.63) is 35.4 Å². The minimum absolute atomic E-state index is 0.116. The van der Waals surface area contributed by atoms with Gasteiger partial charge in [-0.1, -0.05) is 19.1 Å². The van der Waals surface area contributed by atoms with E-state index in [-0.39, 0.29) is 17.5 Å². The molecular weight excluding hydrogens is 276 g/mol. The zero-order chi connectivity index (χ0) is 15.5. The SMILES string of the molecule is CCc1ccc(O)cc1C1=CCC(CC2CCOCC2)C1=O. The second-order valence-corrected chi connectivity index (χ2v) is 6.40. The fourth-order valence-electron chi connectivity index (χ4n) is 3.64. The quantitative estimate of drug-likeness (QED) is 0.921. The minimum atomic E-state index is 0.116. The van der Waals surface area contributed by atoms with Crippen molar-refractivity contribution in [2.45, 2.75) is 39.0 Å². The van der Waals surface area contributed by atoms with E-state index >= 15 is 0 Å². The molecule has 1 aliphatic carbocycles. The number of ether oxygens (including phenoxy) is 1. The van der Waals surface area contributed by atoms with Gasteiger partial charge in [0.2, 0.25) is 0 Å². The van der Waals surface area contributed by atoms with Gasteiger partial charge in [0, 0.05) is 24.7 Å². The molecule has 22 heavy (non-hydrogen) atoms. The first kappa shape index (κ1) is 15.3. The highest BCUT2D eigenvalue weighted by atomic mass is 16.5. The van der Waals surface area contributed by atoms with Gasteiger partial charge in [-0.15, -0.1) is 0 Å². The zero-order valence-corrected chi connectivity index (χ0v) is 13.2. The molecule has 0 amide bonds. The standard InChI is InChI=1S/C19H24O3/c1-2-14-3-5-16(20)12-18(14)17-6-4-15(19(17)21)11-13-7-9-22-10-8-13/h3,5-6,12-13,15,20H,2,4,7-11H2,1H3. The van der Waals surface area contributed by atoms with Gasteiger partial charge in [0.25, 0.3) is 0 Å². The number of allylic oxidation sites excluding steroid dienone is 2. The van der Waals surface area contributed by atoms with E-state index in [9.17, 15) is 9.90 Å². The molecular formula is C19H24O3. The van der Waals surface area contributed by atoms with Crippen LogP contribution in [-0.2, 0) is 16.0 Å². The van der Waals surface area contributed by atoms with E-state index in [1.165, 1.54) is 0 Å². The summed E-state index contributed by atoms with van der Waals surface area (Å²) in [6, 6.07) is 5.35. The van der Waals surface area contributed by atoms with Crippen LogP contribution < -0.4 is 0 Å². The van der Waals surface area contributed by atoms with E-state index in [0.717, 1.165) is 62.0 Å². The molecule has 1 atom stereocenters. The summed E-state index contributed by atoms with van der Waals surface area (Å²) in [5.74, 6) is 1.22. The second kappa shape index (κ2) is 6.66. The van der Waals surface area contributed by atoms with E-state index in [0.29, 0.717) is 5.92 Å². The number of phenolic OH excluding ortho intramolecular Hbond substituents is 1. The molecule has 1 aliphatic heterocycles. The van der Waals surface area contributed by atoms with Crippen LogP contribution in [0, 0.1) is 11.8 Å². The Morgan fingerprint density at radius 2 is 2.05 bits per heavy atom. The van der Waals surface area contributed by atoms with Gasteiger partial charge in [-0.25, -0.2) is 0 Å². The molecule has 0 saturated carbocycles. The van der Waals surface area contributed by atoms with E-state index in [1.54, 1.807) is 12.1 Å². The number of hydrogen-bond acceptors (Lipinski definition) is 3. The Morgan fingerprint density at radius 3 is 2.77 bits per heavy atom. The molecule has 3 heteroatoms. The van der Waals surface area contributed by atoms with Gasteiger partial charge in [-0.05, 0) is 61.3 Å². The van der Waals surface area contributed by atoms with Crippen LogP contribution >= 0.6 is 0 Å². The third-order valence-electron chi connectivity index (χ3n) is 4.97. The van der Waals surface area contributed by atoms with Crippen molar-refractivity contribution in [3.8, 4) is 5.75 Å². The van der Waals surface area contributed by atoms with Gasteiger partial charge in [0.1, 0.15) is 5.75 Å². The van der Waals surface area contributed by atoms with Crippen molar-refractivity contribution >= 4 is 11.4 Å². The molecule has 1 unspecified atom stereocenters. The van der Waals surface area contributed by atoms with Crippen molar-refractivity contribution in [1.82, 2.24) is 0 Å². The number of ketones is 1.